The molecule has 0 amide bonds. The molecule has 0 nitrogen and oxygen atoms in total. The summed E-state index contributed by atoms with van der Waals surface area (Å²) in [5, 5.41) is 2.66. The highest BCUT2D eigenvalue weighted by Gasteiger charge is 2.12. The molecule has 0 heterocycles. The summed E-state index contributed by atoms with van der Waals surface area (Å²) in [4.78, 5) is 0. The lowest BCUT2D eigenvalue weighted by atomic mass is 9.87. The van der Waals surface area contributed by atoms with E-state index in [1.807, 2.05) is 0 Å². The number of benzene rings is 3. The van der Waals surface area contributed by atoms with E-state index in [1.165, 1.54) is 33.0 Å². The van der Waals surface area contributed by atoms with Gasteiger partial charge in [0.25, 0.3) is 0 Å². The zero-order chi connectivity index (χ0) is 13.4. The molecule has 3 aromatic rings. The molecule has 0 N–H and O–H groups in total. The lowest BCUT2D eigenvalue weighted by Gasteiger charge is -2.17. The number of hydrogen-bond donors (Lipinski definition) is 0. The van der Waals surface area contributed by atoms with Crippen molar-refractivity contribution in [2.45, 2.75) is 12.8 Å². The fraction of sp³-hybridized carbons (Fsp3) is 0.100. The van der Waals surface area contributed by atoms with Crippen molar-refractivity contribution in [2.24, 2.45) is 0 Å². The SMILES string of the molecule is C1=Cc2cccc(-c3cccc4ccccc34)c2CC1. The Morgan fingerprint density at radius 1 is 0.700 bits per heavy atom. The molecule has 0 unspecified atom stereocenters. The van der Waals surface area contributed by atoms with Gasteiger partial charge in [0, 0.05) is 0 Å². The normalized spacial score (nSPS) is 13.4. The van der Waals surface area contributed by atoms with Crippen LogP contribution in [-0.4, -0.2) is 0 Å². The van der Waals surface area contributed by atoms with Gasteiger partial charge in [-0.2, -0.15) is 0 Å². The van der Waals surface area contributed by atoms with E-state index < -0.39 is 0 Å². The second-order valence-corrected chi connectivity index (χ2v) is 5.34. The van der Waals surface area contributed by atoms with Gasteiger partial charge in [0.2, 0.25) is 0 Å². The molecular formula is C20H16. The van der Waals surface area contributed by atoms with E-state index in [2.05, 4.69) is 72.8 Å². The molecule has 0 bridgehead atoms. The minimum absolute atomic E-state index is 1.14. The number of hydrogen-bond acceptors (Lipinski definition) is 0. The Balaban J connectivity index is 2.03. The maximum Gasteiger partial charge on any atom is -0.0102 e. The average Bonchev–Trinajstić information content (AvgIpc) is 2.54. The third-order valence-corrected chi connectivity index (χ3v) is 4.15. The molecule has 0 saturated heterocycles. The predicted octanol–water partition coefficient (Wildman–Crippen LogP) is 5.47. The summed E-state index contributed by atoms with van der Waals surface area (Å²) >= 11 is 0. The van der Waals surface area contributed by atoms with Crippen molar-refractivity contribution >= 4 is 16.8 Å². The quantitative estimate of drug-likeness (QED) is 0.542. The van der Waals surface area contributed by atoms with Gasteiger partial charge in [-0.3, -0.25) is 0 Å². The van der Waals surface area contributed by atoms with Crippen LogP contribution in [-0.2, 0) is 6.42 Å². The minimum Gasteiger partial charge on any atom is -0.0836 e. The maximum absolute atomic E-state index is 2.27. The minimum atomic E-state index is 1.14. The van der Waals surface area contributed by atoms with Crippen LogP contribution in [0, 0.1) is 0 Å². The zero-order valence-corrected chi connectivity index (χ0v) is 11.3. The monoisotopic (exact) mass is 256 g/mol. The molecule has 1 aliphatic rings. The number of allylic oxidation sites excluding steroid dienone is 1. The molecule has 96 valence electrons. The molecule has 0 fully saturated rings. The molecule has 20 heavy (non-hydrogen) atoms. The highest BCUT2D eigenvalue weighted by Crippen LogP contribution is 2.34. The van der Waals surface area contributed by atoms with Crippen molar-refractivity contribution < 1.29 is 0 Å². The molecule has 0 heteroatoms. The van der Waals surface area contributed by atoms with Crippen molar-refractivity contribution in [3.8, 4) is 11.1 Å². The van der Waals surface area contributed by atoms with E-state index in [-0.39, 0.29) is 0 Å². The van der Waals surface area contributed by atoms with Crippen molar-refractivity contribution in [2.75, 3.05) is 0 Å². The van der Waals surface area contributed by atoms with Crippen LogP contribution >= 0.6 is 0 Å². The van der Waals surface area contributed by atoms with E-state index in [0.717, 1.165) is 12.8 Å². The summed E-state index contributed by atoms with van der Waals surface area (Å²) in [6.45, 7) is 0. The maximum atomic E-state index is 2.27. The summed E-state index contributed by atoms with van der Waals surface area (Å²) in [7, 11) is 0. The van der Waals surface area contributed by atoms with E-state index in [4.69, 9.17) is 0 Å². The van der Waals surface area contributed by atoms with E-state index in [1.54, 1.807) is 0 Å². The van der Waals surface area contributed by atoms with Gasteiger partial charge in [0.15, 0.2) is 0 Å². The second-order valence-electron chi connectivity index (χ2n) is 5.34. The molecule has 1 aliphatic carbocycles. The molecular weight excluding hydrogens is 240 g/mol. The van der Waals surface area contributed by atoms with Crippen LogP contribution in [0.5, 0.6) is 0 Å². The Kier molecular flexibility index (Phi) is 2.67. The van der Waals surface area contributed by atoms with Gasteiger partial charge >= 0.3 is 0 Å². The first-order valence-corrected chi connectivity index (χ1v) is 7.20. The molecule has 0 aliphatic heterocycles. The van der Waals surface area contributed by atoms with Gasteiger partial charge in [-0.05, 0) is 45.9 Å². The van der Waals surface area contributed by atoms with Gasteiger partial charge in [0.05, 0.1) is 0 Å². The first kappa shape index (κ1) is 11.5. The Morgan fingerprint density at radius 3 is 2.50 bits per heavy atom. The topological polar surface area (TPSA) is 0 Å². The third-order valence-electron chi connectivity index (χ3n) is 4.15. The lowest BCUT2D eigenvalue weighted by molar-refractivity contribution is 0.988. The van der Waals surface area contributed by atoms with Gasteiger partial charge in [0.1, 0.15) is 0 Å². The largest absolute Gasteiger partial charge is 0.0836 e. The van der Waals surface area contributed by atoms with E-state index >= 15 is 0 Å². The molecule has 0 atom stereocenters. The highest BCUT2D eigenvalue weighted by molar-refractivity contribution is 5.97. The fourth-order valence-corrected chi connectivity index (χ4v) is 3.19. The Hall–Kier alpha value is -2.34. The predicted molar refractivity (Wildman–Crippen MR) is 86.7 cm³/mol. The summed E-state index contributed by atoms with van der Waals surface area (Å²) < 4.78 is 0. The fourth-order valence-electron chi connectivity index (χ4n) is 3.19. The summed E-state index contributed by atoms with van der Waals surface area (Å²) in [6, 6.07) is 21.9. The summed E-state index contributed by atoms with van der Waals surface area (Å²) in [6.07, 6.45) is 6.82. The first-order valence-electron chi connectivity index (χ1n) is 7.20. The Bertz CT molecular complexity index is 804. The number of rotatable bonds is 1. The van der Waals surface area contributed by atoms with Crippen LogP contribution in [0.25, 0.3) is 28.0 Å². The average molecular weight is 256 g/mol. The molecule has 0 aromatic heterocycles. The Labute approximate surface area is 119 Å². The van der Waals surface area contributed by atoms with E-state index in [9.17, 15) is 0 Å². The molecule has 3 aromatic carbocycles. The van der Waals surface area contributed by atoms with Crippen LogP contribution < -0.4 is 0 Å². The van der Waals surface area contributed by atoms with Crippen LogP contribution in [0.4, 0.5) is 0 Å². The standard InChI is InChI=1S/C20H16/c1-3-11-17-15(7-1)9-5-13-19(17)20-14-6-10-16-8-2-4-12-18(16)20/h1-3,5-11,13-14H,4,12H2. The van der Waals surface area contributed by atoms with Crippen molar-refractivity contribution in [1.29, 1.82) is 0 Å². The second kappa shape index (κ2) is 4.64. The Morgan fingerprint density at radius 2 is 1.50 bits per heavy atom. The van der Waals surface area contributed by atoms with Gasteiger partial charge < -0.3 is 0 Å². The van der Waals surface area contributed by atoms with Crippen LogP contribution in [0.3, 0.4) is 0 Å². The lowest BCUT2D eigenvalue weighted by Crippen LogP contribution is -1.97. The van der Waals surface area contributed by atoms with Gasteiger partial charge in [-0.15, -0.1) is 0 Å². The molecule has 0 spiro atoms. The van der Waals surface area contributed by atoms with Crippen LogP contribution in [0.2, 0.25) is 0 Å². The smallest absolute Gasteiger partial charge is 0.0102 e. The zero-order valence-electron chi connectivity index (χ0n) is 11.3. The summed E-state index contributed by atoms with van der Waals surface area (Å²) in [5.41, 5.74) is 5.62. The first-order chi connectivity index (χ1) is 9.93. The summed E-state index contributed by atoms with van der Waals surface area (Å²) in [5.74, 6) is 0. The van der Waals surface area contributed by atoms with Crippen molar-refractivity contribution in [3.05, 3.63) is 77.9 Å². The van der Waals surface area contributed by atoms with Gasteiger partial charge in [-0.25, -0.2) is 0 Å². The van der Waals surface area contributed by atoms with Crippen molar-refractivity contribution in [3.63, 3.8) is 0 Å². The van der Waals surface area contributed by atoms with Crippen LogP contribution in [0.15, 0.2) is 66.7 Å². The number of fused-ring (bicyclic) bond motifs is 2. The highest BCUT2D eigenvalue weighted by atomic mass is 14.2. The van der Waals surface area contributed by atoms with Gasteiger partial charge in [-0.1, -0.05) is 72.8 Å². The molecule has 4 rings (SSSR count). The van der Waals surface area contributed by atoms with Crippen molar-refractivity contribution in [1.82, 2.24) is 0 Å². The molecule has 0 radical (unpaired) electrons. The van der Waals surface area contributed by atoms with E-state index in [0.29, 0.717) is 0 Å². The third kappa shape index (κ3) is 1.77. The van der Waals surface area contributed by atoms with Crippen LogP contribution in [0.1, 0.15) is 17.5 Å². The molecule has 0 saturated carbocycles.